The lowest BCUT2D eigenvalue weighted by Crippen LogP contribution is -2.32. The zero-order valence-electron chi connectivity index (χ0n) is 17.4. The van der Waals surface area contributed by atoms with Crippen molar-refractivity contribution >= 4 is 34.7 Å². The molecule has 2 aliphatic heterocycles. The number of hydrogen-bond donors (Lipinski definition) is 0. The van der Waals surface area contributed by atoms with Gasteiger partial charge in [0.2, 0.25) is 0 Å². The Morgan fingerprint density at radius 2 is 1.77 bits per heavy atom. The summed E-state index contributed by atoms with van der Waals surface area (Å²) in [7, 11) is 0. The van der Waals surface area contributed by atoms with E-state index in [9.17, 15) is 9.59 Å². The van der Waals surface area contributed by atoms with Crippen molar-refractivity contribution < 1.29 is 14.3 Å². The van der Waals surface area contributed by atoms with E-state index in [2.05, 4.69) is 17.0 Å². The van der Waals surface area contributed by atoms with Gasteiger partial charge in [-0.3, -0.25) is 14.5 Å². The summed E-state index contributed by atoms with van der Waals surface area (Å²) in [4.78, 5) is 29.2. The maximum Gasteiger partial charge on any atom is 0.293 e. The second-order valence-corrected chi connectivity index (χ2v) is 8.72. The van der Waals surface area contributed by atoms with Crippen molar-refractivity contribution in [2.24, 2.45) is 0 Å². The molecule has 0 aliphatic carbocycles. The van der Waals surface area contributed by atoms with E-state index in [-0.39, 0.29) is 24.3 Å². The van der Waals surface area contributed by atoms with E-state index >= 15 is 0 Å². The molecule has 2 aromatic carbocycles. The molecule has 30 heavy (non-hydrogen) atoms. The molecule has 156 valence electrons. The fraction of sp³-hybridized carbons (Fsp3) is 0.333. The first-order valence-electron chi connectivity index (χ1n) is 10.3. The Hall–Kier alpha value is -2.73. The molecule has 2 fully saturated rings. The summed E-state index contributed by atoms with van der Waals surface area (Å²) in [5.41, 5.74) is 4.46. The molecule has 5 nitrogen and oxygen atoms in total. The van der Waals surface area contributed by atoms with E-state index in [0.29, 0.717) is 4.91 Å². The van der Waals surface area contributed by atoms with E-state index in [1.807, 2.05) is 50.3 Å². The molecule has 0 saturated carbocycles. The molecule has 0 bridgehead atoms. The topological polar surface area (TPSA) is 49.9 Å². The van der Waals surface area contributed by atoms with E-state index in [1.165, 1.54) is 23.4 Å². The van der Waals surface area contributed by atoms with Crippen LogP contribution in [0.3, 0.4) is 0 Å². The molecule has 0 spiro atoms. The Morgan fingerprint density at radius 1 is 1.03 bits per heavy atom. The number of benzene rings is 2. The average molecular weight is 423 g/mol. The summed E-state index contributed by atoms with van der Waals surface area (Å²) in [5, 5.41) is -0.245. The van der Waals surface area contributed by atoms with Crippen LogP contribution in [0, 0.1) is 13.8 Å². The summed E-state index contributed by atoms with van der Waals surface area (Å²) < 4.78 is 5.67. The van der Waals surface area contributed by atoms with Gasteiger partial charge < -0.3 is 9.64 Å². The minimum absolute atomic E-state index is 0.239. The highest BCUT2D eigenvalue weighted by atomic mass is 32.2. The molecule has 2 aromatic rings. The maximum atomic E-state index is 12.7. The lowest BCUT2D eigenvalue weighted by Gasteiger charge is -2.18. The number of hydrogen-bond acceptors (Lipinski definition) is 5. The van der Waals surface area contributed by atoms with Crippen LogP contribution in [-0.4, -0.2) is 42.3 Å². The number of carbonyl (C=O) groups is 2. The van der Waals surface area contributed by atoms with Gasteiger partial charge in [-0.25, -0.2) is 0 Å². The van der Waals surface area contributed by atoms with Gasteiger partial charge in [0.15, 0.2) is 0 Å². The van der Waals surface area contributed by atoms with Gasteiger partial charge in [-0.1, -0.05) is 23.8 Å². The number of nitrogens with zero attached hydrogens (tertiary/aromatic N) is 2. The Labute approximate surface area is 181 Å². The Kier molecular flexibility index (Phi) is 6.13. The number of imide groups is 1. The average Bonchev–Trinajstić information content (AvgIpc) is 3.35. The first kappa shape index (κ1) is 20.5. The van der Waals surface area contributed by atoms with Crippen molar-refractivity contribution in [1.29, 1.82) is 0 Å². The number of ether oxygens (including phenoxy) is 1. The molecule has 2 heterocycles. The molecule has 6 heteroatoms. The van der Waals surface area contributed by atoms with E-state index < -0.39 is 0 Å². The first-order chi connectivity index (χ1) is 14.5. The van der Waals surface area contributed by atoms with Gasteiger partial charge in [0.25, 0.3) is 11.1 Å². The van der Waals surface area contributed by atoms with Crippen LogP contribution in [-0.2, 0) is 4.79 Å². The van der Waals surface area contributed by atoms with Gasteiger partial charge in [0.05, 0.1) is 11.4 Å². The monoisotopic (exact) mass is 422 g/mol. The Bertz CT molecular complexity index is 978. The van der Waals surface area contributed by atoms with E-state index in [0.717, 1.165) is 47.3 Å². The van der Waals surface area contributed by atoms with Crippen LogP contribution < -0.4 is 9.64 Å². The zero-order valence-corrected chi connectivity index (χ0v) is 18.2. The molecule has 2 amide bonds. The third-order valence-electron chi connectivity index (χ3n) is 5.49. The summed E-state index contributed by atoms with van der Waals surface area (Å²) in [5.74, 6) is 0.484. The van der Waals surface area contributed by atoms with Crippen molar-refractivity contribution in [3.8, 4) is 5.75 Å². The molecule has 0 unspecified atom stereocenters. The van der Waals surface area contributed by atoms with Crippen LogP contribution in [0.5, 0.6) is 5.75 Å². The standard InChI is InChI=1S/C24H26N2O3S/c1-17-5-9-21(10-6-17)29-14-13-26-23(27)22(30-24(26)28)16-19-7-8-20(15-18(19)2)25-11-3-4-12-25/h5-10,15-16H,3-4,11-14H2,1-2H3/b22-16-. The molecule has 2 aliphatic rings. The fourth-order valence-corrected chi connectivity index (χ4v) is 4.57. The largest absolute Gasteiger partial charge is 0.492 e. The molecule has 4 rings (SSSR count). The predicted molar refractivity (Wildman–Crippen MR) is 122 cm³/mol. The number of rotatable bonds is 6. The van der Waals surface area contributed by atoms with Crippen LogP contribution in [0.15, 0.2) is 47.4 Å². The second kappa shape index (κ2) is 8.96. The number of thioether (sulfide) groups is 1. The third-order valence-corrected chi connectivity index (χ3v) is 6.40. The number of carbonyl (C=O) groups excluding carboxylic acids is 2. The van der Waals surface area contributed by atoms with Crippen LogP contribution >= 0.6 is 11.8 Å². The van der Waals surface area contributed by atoms with Crippen molar-refractivity contribution in [2.45, 2.75) is 26.7 Å². The van der Waals surface area contributed by atoms with Crippen LogP contribution in [0.25, 0.3) is 6.08 Å². The van der Waals surface area contributed by atoms with Gasteiger partial charge in [0, 0.05) is 18.8 Å². The van der Waals surface area contributed by atoms with Gasteiger partial charge in [-0.05, 0) is 79.9 Å². The van der Waals surface area contributed by atoms with Gasteiger partial charge in [-0.15, -0.1) is 0 Å². The predicted octanol–water partition coefficient (Wildman–Crippen LogP) is 5.02. The summed E-state index contributed by atoms with van der Waals surface area (Å²) in [6, 6.07) is 14.0. The molecule has 0 aromatic heterocycles. The normalized spacial score (nSPS) is 18.0. The lowest BCUT2D eigenvalue weighted by molar-refractivity contribution is -0.123. The minimum atomic E-state index is -0.250. The van der Waals surface area contributed by atoms with Crippen molar-refractivity contribution in [3.63, 3.8) is 0 Å². The number of aryl methyl sites for hydroxylation is 2. The summed E-state index contributed by atoms with van der Waals surface area (Å²) in [6.45, 7) is 6.77. The second-order valence-electron chi connectivity index (χ2n) is 7.73. The van der Waals surface area contributed by atoms with Gasteiger partial charge in [-0.2, -0.15) is 0 Å². The smallest absolute Gasteiger partial charge is 0.293 e. The highest BCUT2D eigenvalue weighted by molar-refractivity contribution is 8.18. The van der Waals surface area contributed by atoms with E-state index in [4.69, 9.17) is 4.74 Å². The SMILES string of the molecule is Cc1ccc(OCCN2C(=O)S/C(=C\c3ccc(N4CCCC4)cc3C)C2=O)cc1. The minimum Gasteiger partial charge on any atom is -0.492 e. The first-order valence-corrected chi connectivity index (χ1v) is 11.1. The number of anilines is 1. The third kappa shape index (κ3) is 4.54. The summed E-state index contributed by atoms with van der Waals surface area (Å²) in [6.07, 6.45) is 4.30. The van der Waals surface area contributed by atoms with Crippen LogP contribution in [0.4, 0.5) is 10.5 Å². The molecular formula is C24H26N2O3S. The maximum absolute atomic E-state index is 12.7. The molecule has 2 saturated heterocycles. The van der Waals surface area contributed by atoms with E-state index in [1.54, 1.807) is 0 Å². The van der Waals surface area contributed by atoms with Crippen molar-refractivity contribution in [1.82, 2.24) is 4.90 Å². The molecule has 0 atom stereocenters. The molecular weight excluding hydrogens is 396 g/mol. The Balaban J connectivity index is 1.40. The molecule has 0 N–H and O–H groups in total. The zero-order chi connectivity index (χ0) is 21.1. The summed E-state index contributed by atoms with van der Waals surface area (Å²) >= 11 is 0.996. The number of amides is 2. The van der Waals surface area contributed by atoms with Crippen molar-refractivity contribution in [3.05, 3.63) is 64.1 Å². The van der Waals surface area contributed by atoms with Crippen LogP contribution in [0.2, 0.25) is 0 Å². The Morgan fingerprint density at radius 3 is 2.47 bits per heavy atom. The van der Waals surface area contributed by atoms with Crippen molar-refractivity contribution in [2.75, 3.05) is 31.1 Å². The molecule has 0 radical (unpaired) electrons. The highest BCUT2D eigenvalue weighted by Crippen LogP contribution is 2.33. The van der Waals surface area contributed by atoms with Gasteiger partial charge >= 0.3 is 0 Å². The highest BCUT2D eigenvalue weighted by Gasteiger charge is 2.34. The quantitative estimate of drug-likeness (QED) is 0.612. The van der Waals surface area contributed by atoms with Gasteiger partial charge in [0.1, 0.15) is 12.4 Å². The van der Waals surface area contributed by atoms with Crippen LogP contribution in [0.1, 0.15) is 29.5 Å². The fourth-order valence-electron chi connectivity index (χ4n) is 3.72. The lowest BCUT2D eigenvalue weighted by atomic mass is 10.1.